The Morgan fingerprint density at radius 2 is 1.60 bits per heavy atom. The molecule has 8 nitrogen and oxygen atoms in total. The van der Waals surface area contributed by atoms with Gasteiger partial charge >= 0.3 is 0 Å². The van der Waals surface area contributed by atoms with Crippen LogP contribution in [-0.2, 0) is 6.54 Å². The number of nitrogens with zero attached hydrogens (tertiary/aromatic N) is 5. The SMILES string of the molecule is CCOc1cccc(-c2cc(CN3CCN(c4ccc(C(=O)N(C)CC56CC7CC(CC(C7)C5)C6)nn4)CC3)cc(OC(C)C)c2)c1. The summed E-state index contributed by atoms with van der Waals surface area (Å²) < 4.78 is 11.9. The standard InChI is InChI=1S/C39H51N5O3/c1-5-46-34-8-6-7-32(20-34)33-18-31(19-35(21-33)47-27(2)3)25-43-11-13-44(14-12-43)37-10-9-36(40-41-37)38(45)42(4)26-39-22-28-15-29(23-39)17-30(16-28)24-39/h6-10,18-21,27-30H,5,11-17,22-26H2,1-4H3. The number of carbonyl (C=O) groups is 1. The molecule has 4 aliphatic carbocycles. The van der Waals surface area contributed by atoms with Gasteiger partial charge < -0.3 is 19.3 Å². The molecule has 47 heavy (non-hydrogen) atoms. The summed E-state index contributed by atoms with van der Waals surface area (Å²) in [6, 6.07) is 18.7. The molecule has 1 amide bonds. The second-order valence-corrected chi connectivity index (χ2v) is 15.1. The second kappa shape index (κ2) is 13.5. The van der Waals surface area contributed by atoms with E-state index in [1.165, 1.54) is 44.1 Å². The van der Waals surface area contributed by atoms with E-state index in [9.17, 15) is 4.79 Å². The van der Waals surface area contributed by atoms with Crippen LogP contribution < -0.4 is 14.4 Å². The molecule has 1 aliphatic heterocycles. The van der Waals surface area contributed by atoms with Crippen LogP contribution in [0.15, 0.2) is 54.6 Å². The van der Waals surface area contributed by atoms with Crippen LogP contribution in [0.1, 0.15) is 75.3 Å². The number of hydrogen-bond donors (Lipinski definition) is 0. The maximum absolute atomic E-state index is 13.4. The predicted octanol–water partition coefficient (Wildman–Crippen LogP) is 6.94. The molecule has 5 aliphatic rings. The van der Waals surface area contributed by atoms with Crippen LogP contribution in [0.2, 0.25) is 0 Å². The summed E-state index contributed by atoms with van der Waals surface area (Å²) in [6.07, 6.45) is 8.26. The van der Waals surface area contributed by atoms with E-state index in [-0.39, 0.29) is 12.0 Å². The van der Waals surface area contributed by atoms with Gasteiger partial charge in [0.2, 0.25) is 0 Å². The smallest absolute Gasteiger partial charge is 0.274 e. The Hall–Kier alpha value is -3.65. The van der Waals surface area contributed by atoms with Crippen molar-refractivity contribution in [3.63, 3.8) is 0 Å². The summed E-state index contributed by atoms with van der Waals surface area (Å²) in [5.74, 6) is 5.26. The van der Waals surface area contributed by atoms with Crippen LogP contribution in [0.25, 0.3) is 11.1 Å². The van der Waals surface area contributed by atoms with Gasteiger partial charge in [-0.15, -0.1) is 10.2 Å². The van der Waals surface area contributed by atoms with Gasteiger partial charge in [0.25, 0.3) is 5.91 Å². The largest absolute Gasteiger partial charge is 0.494 e. The van der Waals surface area contributed by atoms with E-state index in [2.05, 4.69) is 64.2 Å². The number of benzene rings is 2. The monoisotopic (exact) mass is 637 g/mol. The summed E-state index contributed by atoms with van der Waals surface area (Å²) in [7, 11) is 1.96. The van der Waals surface area contributed by atoms with Crippen molar-refractivity contribution >= 4 is 11.7 Å². The Morgan fingerprint density at radius 3 is 2.23 bits per heavy atom. The van der Waals surface area contributed by atoms with Gasteiger partial charge in [0.05, 0.1) is 12.7 Å². The molecule has 0 N–H and O–H groups in total. The van der Waals surface area contributed by atoms with Gasteiger partial charge in [-0.05, 0) is 142 Å². The van der Waals surface area contributed by atoms with E-state index < -0.39 is 0 Å². The van der Waals surface area contributed by atoms with E-state index in [4.69, 9.17) is 9.47 Å². The lowest BCUT2D eigenvalue weighted by atomic mass is 9.49. The highest BCUT2D eigenvalue weighted by Gasteiger charge is 2.51. The third-order valence-electron chi connectivity index (χ3n) is 10.9. The molecule has 0 unspecified atom stereocenters. The molecule has 0 spiro atoms. The van der Waals surface area contributed by atoms with Gasteiger partial charge in [0, 0.05) is 46.3 Å². The van der Waals surface area contributed by atoms with Crippen LogP contribution in [0.4, 0.5) is 5.82 Å². The molecule has 8 heteroatoms. The van der Waals surface area contributed by atoms with Crippen LogP contribution in [0, 0.1) is 23.2 Å². The van der Waals surface area contributed by atoms with Gasteiger partial charge in [-0.25, -0.2) is 0 Å². The molecule has 1 aromatic heterocycles. The highest BCUT2D eigenvalue weighted by molar-refractivity contribution is 5.92. The number of aromatic nitrogens is 2. The first-order valence-electron chi connectivity index (χ1n) is 17.8. The van der Waals surface area contributed by atoms with Crippen molar-refractivity contribution in [2.45, 2.75) is 71.9 Å². The van der Waals surface area contributed by atoms with E-state index in [1.807, 2.05) is 43.1 Å². The zero-order chi connectivity index (χ0) is 32.5. The lowest BCUT2D eigenvalue weighted by molar-refractivity contribution is -0.0629. The number of rotatable bonds is 11. The van der Waals surface area contributed by atoms with Crippen molar-refractivity contribution in [2.75, 3.05) is 51.3 Å². The van der Waals surface area contributed by atoms with Crippen molar-refractivity contribution in [1.82, 2.24) is 20.0 Å². The number of carbonyl (C=O) groups excluding carboxylic acids is 1. The topological polar surface area (TPSA) is 71.0 Å². The molecule has 4 bridgehead atoms. The molecule has 0 radical (unpaired) electrons. The normalized spacial score (nSPS) is 25.3. The molecular weight excluding hydrogens is 586 g/mol. The van der Waals surface area contributed by atoms with Crippen LogP contribution in [0.5, 0.6) is 11.5 Å². The van der Waals surface area contributed by atoms with Crippen LogP contribution in [-0.4, -0.2) is 78.4 Å². The summed E-state index contributed by atoms with van der Waals surface area (Å²) in [5, 5.41) is 8.96. The first-order chi connectivity index (χ1) is 22.7. The summed E-state index contributed by atoms with van der Waals surface area (Å²) in [4.78, 5) is 20.1. The van der Waals surface area contributed by atoms with Gasteiger partial charge in [0.1, 0.15) is 11.5 Å². The average Bonchev–Trinajstić information content (AvgIpc) is 3.04. The fourth-order valence-corrected chi connectivity index (χ4v) is 9.45. The fraction of sp³-hybridized carbons (Fsp3) is 0.564. The third kappa shape index (κ3) is 7.28. The summed E-state index contributed by atoms with van der Waals surface area (Å²) in [5.41, 5.74) is 4.26. The number of piperazine rings is 1. The Balaban J connectivity index is 0.957. The number of anilines is 1. The average molecular weight is 638 g/mol. The highest BCUT2D eigenvalue weighted by atomic mass is 16.5. The minimum Gasteiger partial charge on any atom is -0.494 e. The molecule has 1 saturated heterocycles. The lowest BCUT2D eigenvalue weighted by Crippen LogP contribution is -2.51. The van der Waals surface area contributed by atoms with Crippen molar-refractivity contribution in [3.8, 4) is 22.6 Å². The molecule has 2 heterocycles. The van der Waals surface area contributed by atoms with Gasteiger partial charge in [-0.3, -0.25) is 9.69 Å². The summed E-state index contributed by atoms with van der Waals surface area (Å²) in [6.45, 7) is 12.0. The molecule has 2 aromatic carbocycles. The minimum absolute atomic E-state index is 0.00252. The van der Waals surface area contributed by atoms with Crippen LogP contribution >= 0.6 is 0 Å². The third-order valence-corrected chi connectivity index (χ3v) is 10.9. The van der Waals surface area contributed by atoms with Gasteiger partial charge in [-0.2, -0.15) is 0 Å². The van der Waals surface area contributed by atoms with E-state index in [1.54, 1.807) is 0 Å². The molecule has 250 valence electrons. The molecule has 4 saturated carbocycles. The molecule has 5 fully saturated rings. The second-order valence-electron chi connectivity index (χ2n) is 15.1. The Morgan fingerprint density at radius 1 is 0.894 bits per heavy atom. The number of amides is 1. The van der Waals surface area contributed by atoms with Crippen LogP contribution in [0.3, 0.4) is 0 Å². The van der Waals surface area contributed by atoms with E-state index in [0.717, 1.165) is 85.5 Å². The number of hydrogen-bond acceptors (Lipinski definition) is 7. The van der Waals surface area contributed by atoms with Crippen molar-refractivity contribution in [1.29, 1.82) is 0 Å². The Bertz CT molecular complexity index is 1510. The summed E-state index contributed by atoms with van der Waals surface area (Å²) >= 11 is 0. The first kappa shape index (κ1) is 31.9. The maximum atomic E-state index is 13.4. The molecular formula is C39H51N5O3. The maximum Gasteiger partial charge on any atom is 0.274 e. The first-order valence-corrected chi connectivity index (χ1v) is 17.8. The molecule has 3 aromatic rings. The predicted molar refractivity (Wildman–Crippen MR) is 186 cm³/mol. The Kier molecular flexibility index (Phi) is 9.14. The lowest BCUT2D eigenvalue weighted by Gasteiger charge is -2.57. The zero-order valence-electron chi connectivity index (χ0n) is 28.7. The fourth-order valence-electron chi connectivity index (χ4n) is 9.45. The number of ether oxygens (including phenoxy) is 2. The molecule has 8 rings (SSSR count). The quantitative estimate of drug-likeness (QED) is 0.226. The molecule has 0 atom stereocenters. The van der Waals surface area contributed by atoms with E-state index in [0.29, 0.717) is 17.7 Å². The van der Waals surface area contributed by atoms with Gasteiger partial charge in [0.15, 0.2) is 11.5 Å². The van der Waals surface area contributed by atoms with Crippen molar-refractivity contribution in [2.24, 2.45) is 23.2 Å². The zero-order valence-corrected chi connectivity index (χ0v) is 28.7. The Labute approximate surface area is 280 Å². The van der Waals surface area contributed by atoms with E-state index >= 15 is 0 Å². The van der Waals surface area contributed by atoms with Gasteiger partial charge in [-0.1, -0.05) is 12.1 Å². The van der Waals surface area contributed by atoms with Crippen molar-refractivity contribution < 1.29 is 14.3 Å². The highest BCUT2D eigenvalue weighted by Crippen LogP contribution is 2.60. The van der Waals surface area contributed by atoms with Crippen molar-refractivity contribution in [3.05, 3.63) is 65.9 Å². The minimum atomic E-state index is -0.00252.